The van der Waals surface area contributed by atoms with E-state index in [1.165, 1.54) is 0 Å². The maximum atomic E-state index is 11.8. The zero-order valence-corrected chi connectivity index (χ0v) is 15.2. The molecule has 0 aliphatic heterocycles. The number of hydrogen-bond donors (Lipinski definition) is 2. The van der Waals surface area contributed by atoms with Crippen molar-refractivity contribution < 1.29 is 19.3 Å². The molecule has 4 nitrogen and oxygen atoms in total. The molecule has 0 heterocycles. The molecule has 80 valence electrons. The van der Waals surface area contributed by atoms with Crippen LogP contribution in [0.3, 0.4) is 0 Å². The first-order valence-electron chi connectivity index (χ1n) is 5.27. The van der Waals surface area contributed by atoms with Crippen molar-refractivity contribution in [1.29, 1.82) is 0 Å². The predicted molar refractivity (Wildman–Crippen MR) is 61.8 cm³/mol. The average molecular weight is 254 g/mol. The van der Waals surface area contributed by atoms with Crippen LogP contribution in [0.5, 0.6) is 0 Å². The molecule has 0 saturated heterocycles. The summed E-state index contributed by atoms with van der Waals surface area (Å²) in [5, 5.41) is 19.1. The summed E-state index contributed by atoms with van der Waals surface area (Å²) in [6.45, 7) is 5.29. The summed E-state index contributed by atoms with van der Waals surface area (Å²) in [5.41, 5.74) is 0. The Balaban J connectivity index is 4.50. The van der Waals surface area contributed by atoms with Gasteiger partial charge in [-0.2, -0.15) is 0 Å². The molecule has 0 aromatic heterocycles. The summed E-state index contributed by atoms with van der Waals surface area (Å²) >= 11 is 1.63. The normalized spacial score (nSPS) is 20.9. The van der Waals surface area contributed by atoms with Gasteiger partial charge in [-0.05, 0) is 0 Å². The van der Waals surface area contributed by atoms with Crippen molar-refractivity contribution in [2.24, 2.45) is 0 Å². The van der Waals surface area contributed by atoms with E-state index in [0.717, 1.165) is 55.9 Å². The molecule has 2 N–H and O–H groups in total. The molecule has 0 aliphatic rings. The Morgan fingerprint density at radius 3 is 2.20 bits per heavy atom. The summed E-state index contributed by atoms with van der Waals surface area (Å²) < 4.78 is 17.0. The van der Waals surface area contributed by atoms with Crippen LogP contribution in [-0.4, -0.2) is 84.0 Å². The average Bonchev–Trinajstić information content (AvgIpc) is 2.10. The van der Waals surface area contributed by atoms with E-state index >= 15 is 0 Å². The fraction of sp³-hybridized carbons (Fsp3) is 1.00. The first-order valence-corrected chi connectivity index (χ1v) is 8.59. The van der Waals surface area contributed by atoms with Crippen LogP contribution in [0.15, 0.2) is 0 Å². The molecular weight excluding hydrogens is 237 g/mol. The summed E-state index contributed by atoms with van der Waals surface area (Å²) in [6.07, 6.45) is -1.77. The molecule has 0 aromatic rings. The van der Waals surface area contributed by atoms with Gasteiger partial charge in [0.05, 0.1) is 0 Å². The van der Waals surface area contributed by atoms with Crippen molar-refractivity contribution in [3.8, 4) is 0 Å². The van der Waals surface area contributed by atoms with Crippen LogP contribution in [-0.2, 0) is 9.09 Å². The van der Waals surface area contributed by atoms with Gasteiger partial charge in [0.25, 0.3) is 0 Å². The third-order valence-electron chi connectivity index (χ3n) is 2.13. The summed E-state index contributed by atoms with van der Waals surface area (Å²) in [7, 11) is -2.15. The quantitative estimate of drug-likeness (QED) is 0.517. The second-order valence-electron chi connectivity index (χ2n) is 4.84. The van der Waals surface area contributed by atoms with Crippen molar-refractivity contribution in [2.75, 3.05) is 0 Å². The molecule has 0 aromatic carbocycles. The number of rotatable bonds is 6. The Labute approximate surface area is 127 Å². The third kappa shape index (κ3) is 6.56. The van der Waals surface area contributed by atoms with Gasteiger partial charge in [0.15, 0.2) is 0 Å². The molecule has 0 bridgehead atoms. The minimum atomic E-state index is -2.15. The monoisotopic (exact) mass is 254 g/mol. The van der Waals surface area contributed by atoms with Crippen molar-refractivity contribution in [2.45, 2.75) is 45.2 Å². The number of aliphatic hydroxyl groups is 2. The van der Waals surface area contributed by atoms with E-state index in [4.69, 9.17) is 4.52 Å². The van der Waals surface area contributed by atoms with Crippen molar-refractivity contribution in [3.63, 3.8) is 0 Å². The molecule has 4 atom stereocenters. The topological polar surface area (TPSA) is 66.8 Å². The summed E-state index contributed by atoms with van der Waals surface area (Å²) in [6, 6.07) is 0. The van der Waals surface area contributed by atoms with Crippen LogP contribution in [0.2, 0.25) is 0 Å². The van der Waals surface area contributed by atoms with E-state index in [1.807, 2.05) is 6.92 Å². The van der Waals surface area contributed by atoms with E-state index in [-0.39, 0.29) is -0.345 Å². The molecular formula is C8H17Na2O4P. The van der Waals surface area contributed by atoms with Gasteiger partial charge >= 0.3 is 128 Å². The summed E-state index contributed by atoms with van der Waals surface area (Å²) in [4.78, 5) is 0. The van der Waals surface area contributed by atoms with Gasteiger partial charge in [-0.25, -0.2) is 0 Å². The standard InChI is InChI=1S/C8H17O4P.2Na/c1-4-7(10)8(6(3)9)12-13(11)5-2;;/h6-10,13H,4H2,1-3H3;;. The van der Waals surface area contributed by atoms with Gasteiger partial charge in [-0.1, -0.05) is 0 Å². The van der Waals surface area contributed by atoms with Gasteiger partial charge in [0.2, 0.25) is 0 Å². The number of aliphatic hydroxyl groups excluding tert-OH is 2. The van der Waals surface area contributed by atoms with E-state index in [9.17, 15) is 14.8 Å². The number of hydrogen-bond acceptors (Lipinski definition) is 4. The van der Waals surface area contributed by atoms with E-state index in [0.29, 0.717) is 6.42 Å². The van der Waals surface area contributed by atoms with Gasteiger partial charge in [0, 0.05) is 0 Å². The molecule has 0 saturated carbocycles. The van der Waals surface area contributed by atoms with E-state index < -0.39 is 26.3 Å². The zero-order chi connectivity index (χ0) is 12.2. The van der Waals surface area contributed by atoms with Crippen LogP contribution in [0.1, 0.15) is 27.2 Å². The van der Waals surface area contributed by atoms with E-state index in [2.05, 4.69) is 0 Å². The van der Waals surface area contributed by atoms with E-state index in [1.54, 1.807) is 13.8 Å². The van der Waals surface area contributed by atoms with Crippen molar-refractivity contribution in [3.05, 3.63) is 0 Å². The Morgan fingerprint density at radius 2 is 1.93 bits per heavy atom. The summed E-state index contributed by atoms with van der Waals surface area (Å²) in [5.74, 6) is 0. The zero-order valence-electron chi connectivity index (χ0n) is 10.2. The maximum absolute atomic E-state index is 11.8. The molecule has 4 unspecified atom stereocenters. The fourth-order valence-corrected chi connectivity index (χ4v) is 2.69. The molecule has 7 heteroatoms. The SMILES string of the molecule is CCC(O)C(O[PH](=O)[C](C)([Na])[Na])C(C)O. The van der Waals surface area contributed by atoms with Gasteiger partial charge in [-0.3, -0.25) is 0 Å². The minimum absolute atomic E-state index is 0.161. The molecule has 0 rings (SSSR count). The Kier molecular flexibility index (Phi) is 8.58. The molecule has 0 aliphatic carbocycles. The first kappa shape index (κ1) is 17.1. The third-order valence-corrected chi connectivity index (χ3v) is 6.29. The fourth-order valence-electron chi connectivity index (χ4n) is 1.03. The molecule has 0 radical (unpaired) electrons. The Hall–Kier alpha value is 2.11. The van der Waals surface area contributed by atoms with Crippen molar-refractivity contribution >= 4 is 63.9 Å². The molecule has 15 heavy (non-hydrogen) atoms. The molecule has 0 fully saturated rings. The second kappa shape index (κ2) is 7.52. The predicted octanol–water partition coefficient (Wildman–Crippen LogP) is 0.00870. The Bertz CT molecular complexity index is 217. The van der Waals surface area contributed by atoms with Gasteiger partial charge in [-0.15, -0.1) is 0 Å². The Morgan fingerprint density at radius 1 is 1.47 bits per heavy atom. The van der Waals surface area contributed by atoms with Crippen LogP contribution in [0.4, 0.5) is 0 Å². The van der Waals surface area contributed by atoms with Gasteiger partial charge in [0.1, 0.15) is 0 Å². The van der Waals surface area contributed by atoms with Crippen LogP contribution >= 0.6 is 8.03 Å². The second-order valence-corrected chi connectivity index (χ2v) is 16.1. The van der Waals surface area contributed by atoms with Crippen LogP contribution < -0.4 is 0 Å². The van der Waals surface area contributed by atoms with Gasteiger partial charge < -0.3 is 0 Å². The molecule has 0 spiro atoms. The van der Waals surface area contributed by atoms with Crippen LogP contribution in [0, 0.1) is 0 Å². The van der Waals surface area contributed by atoms with Crippen molar-refractivity contribution in [1.82, 2.24) is 0 Å². The van der Waals surface area contributed by atoms with Crippen LogP contribution in [0.25, 0.3) is 0 Å². The molecule has 0 amide bonds. The first-order chi connectivity index (χ1) is 6.70.